The largest absolute Gasteiger partial charge is 0.350 e. The number of likely N-dealkylation sites (tertiary alicyclic amines) is 1. The van der Waals surface area contributed by atoms with Crippen molar-refractivity contribution in [2.75, 3.05) is 25.5 Å². The molecular formula is C21H24F2N8. The second-order valence-corrected chi connectivity index (χ2v) is 8.09. The fourth-order valence-corrected chi connectivity index (χ4v) is 4.18. The second kappa shape index (κ2) is 7.84. The smallest absolute Gasteiger partial charge is 0.256 e. The van der Waals surface area contributed by atoms with Crippen molar-refractivity contribution in [1.82, 2.24) is 34.0 Å². The average molecular weight is 426 g/mol. The third-order valence-corrected chi connectivity index (χ3v) is 5.90. The van der Waals surface area contributed by atoms with Gasteiger partial charge in [-0.15, -0.1) is 5.10 Å². The first-order valence-corrected chi connectivity index (χ1v) is 10.4. The highest BCUT2D eigenvalue weighted by molar-refractivity contribution is 5.85. The van der Waals surface area contributed by atoms with Crippen molar-refractivity contribution in [3.8, 4) is 11.1 Å². The number of pyridine rings is 1. The van der Waals surface area contributed by atoms with Gasteiger partial charge in [-0.2, -0.15) is 0 Å². The number of nitrogens with zero attached hydrogens (tertiary/aromatic N) is 7. The van der Waals surface area contributed by atoms with Gasteiger partial charge in [0.05, 0.1) is 23.8 Å². The van der Waals surface area contributed by atoms with Crippen LogP contribution in [0.1, 0.15) is 18.7 Å². The van der Waals surface area contributed by atoms with Crippen LogP contribution in [0.4, 0.5) is 14.7 Å². The van der Waals surface area contributed by atoms with E-state index in [0.29, 0.717) is 29.0 Å². The van der Waals surface area contributed by atoms with Gasteiger partial charge >= 0.3 is 0 Å². The van der Waals surface area contributed by atoms with E-state index >= 15 is 0 Å². The molecule has 1 saturated heterocycles. The number of halogens is 2. The predicted octanol–water partition coefficient (Wildman–Crippen LogP) is 3.22. The van der Waals surface area contributed by atoms with Crippen molar-refractivity contribution >= 4 is 22.6 Å². The van der Waals surface area contributed by atoms with Crippen LogP contribution in [-0.4, -0.2) is 66.6 Å². The number of hydrogen-bond acceptors (Lipinski definition) is 6. The van der Waals surface area contributed by atoms with Gasteiger partial charge in [0.25, 0.3) is 6.43 Å². The predicted molar refractivity (Wildman–Crippen MR) is 114 cm³/mol. The maximum Gasteiger partial charge on any atom is 0.256 e. The lowest BCUT2D eigenvalue weighted by atomic mass is 10.1. The number of rotatable bonds is 5. The van der Waals surface area contributed by atoms with Gasteiger partial charge in [0.1, 0.15) is 5.82 Å². The number of hydrogen-bond donors (Lipinski definition) is 1. The molecule has 10 heteroatoms. The molecular weight excluding hydrogens is 402 g/mol. The van der Waals surface area contributed by atoms with Crippen molar-refractivity contribution in [2.45, 2.75) is 38.8 Å². The Balaban J connectivity index is 1.45. The summed E-state index contributed by atoms with van der Waals surface area (Å²) in [5.41, 5.74) is 3.59. The van der Waals surface area contributed by atoms with Gasteiger partial charge in [-0.25, -0.2) is 28.2 Å². The standard InChI is InChI=1S/C21H24F2N8/c1-13-26-20-17(30(13)12-19(22)23)9-14(10-24-20)16-5-8-31-18(16)11-25-21(28-31)27-15-3-6-29(2)7-4-15/h5,8-11,15,19H,3-4,6-7,12H2,1-2H3,(H,27,28). The van der Waals surface area contributed by atoms with Crippen LogP contribution in [0, 0.1) is 6.92 Å². The molecule has 0 amide bonds. The molecule has 0 atom stereocenters. The summed E-state index contributed by atoms with van der Waals surface area (Å²) in [5.74, 6) is 1.12. The van der Waals surface area contributed by atoms with Crippen molar-refractivity contribution < 1.29 is 8.78 Å². The van der Waals surface area contributed by atoms with E-state index in [4.69, 9.17) is 0 Å². The molecule has 0 unspecified atom stereocenters. The van der Waals surface area contributed by atoms with E-state index in [-0.39, 0.29) is 0 Å². The van der Waals surface area contributed by atoms with Crippen LogP contribution in [0.2, 0.25) is 0 Å². The van der Waals surface area contributed by atoms with Crippen LogP contribution in [0.5, 0.6) is 0 Å². The van der Waals surface area contributed by atoms with Gasteiger partial charge in [0, 0.05) is 29.6 Å². The van der Waals surface area contributed by atoms with E-state index in [1.165, 1.54) is 4.57 Å². The van der Waals surface area contributed by atoms with Gasteiger partial charge in [0.2, 0.25) is 5.95 Å². The summed E-state index contributed by atoms with van der Waals surface area (Å²) in [7, 11) is 2.13. The van der Waals surface area contributed by atoms with Gasteiger partial charge in [-0.1, -0.05) is 0 Å². The molecule has 31 heavy (non-hydrogen) atoms. The van der Waals surface area contributed by atoms with Crippen molar-refractivity contribution in [3.63, 3.8) is 0 Å². The number of fused-ring (bicyclic) bond motifs is 2. The van der Waals surface area contributed by atoms with E-state index in [9.17, 15) is 8.78 Å². The summed E-state index contributed by atoms with van der Waals surface area (Å²) in [5, 5.41) is 8.03. The quantitative estimate of drug-likeness (QED) is 0.528. The van der Waals surface area contributed by atoms with Crippen LogP contribution < -0.4 is 5.32 Å². The molecule has 4 aromatic rings. The Labute approximate surface area is 177 Å². The molecule has 1 fully saturated rings. The molecule has 162 valence electrons. The summed E-state index contributed by atoms with van der Waals surface area (Å²) in [6.45, 7) is 3.43. The first-order valence-electron chi connectivity index (χ1n) is 10.4. The zero-order valence-electron chi connectivity index (χ0n) is 17.5. The lowest BCUT2D eigenvalue weighted by Crippen LogP contribution is -2.37. The fourth-order valence-electron chi connectivity index (χ4n) is 4.18. The third-order valence-electron chi connectivity index (χ3n) is 5.90. The Morgan fingerprint density at radius 3 is 2.74 bits per heavy atom. The number of aryl methyl sites for hydroxylation is 1. The molecule has 5 rings (SSSR count). The lowest BCUT2D eigenvalue weighted by Gasteiger charge is -2.29. The Bertz CT molecular complexity index is 1220. The Hall–Kier alpha value is -3.14. The number of nitrogens with one attached hydrogen (secondary N) is 1. The molecule has 0 aromatic carbocycles. The number of aromatic nitrogens is 6. The van der Waals surface area contributed by atoms with Crippen molar-refractivity contribution in [1.29, 1.82) is 0 Å². The summed E-state index contributed by atoms with van der Waals surface area (Å²) < 4.78 is 29.3. The summed E-state index contributed by atoms with van der Waals surface area (Å²) >= 11 is 0. The van der Waals surface area contributed by atoms with Crippen molar-refractivity contribution in [3.05, 3.63) is 36.5 Å². The molecule has 0 bridgehead atoms. The molecule has 8 nitrogen and oxygen atoms in total. The summed E-state index contributed by atoms with van der Waals surface area (Å²) in [6.07, 6.45) is 5.03. The third kappa shape index (κ3) is 3.83. The van der Waals surface area contributed by atoms with Crippen LogP contribution >= 0.6 is 0 Å². The Morgan fingerprint density at radius 1 is 1.16 bits per heavy atom. The minimum Gasteiger partial charge on any atom is -0.350 e. The number of imidazole rings is 1. The zero-order chi connectivity index (χ0) is 21.5. The van der Waals surface area contributed by atoms with Crippen molar-refractivity contribution in [2.24, 2.45) is 0 Å². The lowest BCUT2D eigenvalue weighted by molar-refractivity contribution is 0.127. The van der Waals surface area contributed by atoms with Crippen LogP contribution in [-0.2, 0) is 6.54 Å². The molecule has 0 saturated carbocycles. The topological polar surface area (TPSA) is 76.2 Å². The number of anilines is 1. The van der Waals surface area contributed by atoms with E-state index in [2.05, 4.69) is 37.3 Å². The highest BCUT2D eigenvalue weighted by Gasteiger charge is 2.18. The highest BCUT2D eigenvalue weighted by Crippen LogP contribution is 2.28. The first kappa shape index (κ1) is 19.8. The maximum atomic E-state index is 13.0. The van der Waals surface area contributed by atoms with Gasteiger partial charge < -0.3 is 14.8 Å². The molecule has 1 aliphatic rings. The molecule has 4 aromatic heterocycles. The van der Waals surface area contributed by atoms with Crippen LogP contribution in [0.15, 0.2) is 30.7 Å². The number of alkyl halides is 2. The Morgan fingerprint density at radius 2 is 1.97 bits per heavy atom. The number of piperidine rings is 1. The van der Waals surface area contributed by atoms with Gasteiger partial charge in [-0.05, 0) is 52.0 Å². The molecule has 0 spiro atoms. The van der Waals surface area contributed by atoms with Crippen LogP contribution in [0.25, 0.3) is 27.8 Å². The van der Waals surface area contributed by atoms with E-state index in [0.717, 1.165) is 42.6 Å². The molecule has 0 aliphatic carbocycles. The van der Waals surface area contributed by atoms with E-state index < -0.39 is 13.0 Å². The maximum absolute atomic E-state index is 13.0. The molecule has 0 radical (unpaired) electrons. The van der Waals surface area contributed by atoms with E-state index in [1.807, 2.05) is 18.3 Å². The molecule has 1 aliphatic heterocycles. The average Bonchev–Trinajstić information content (AvgIpc) is 3.30. The first-order chi connectivity index (χ1) is 15.0. The highest BCUT2D eigenvalue weighted by atomic mass is 19.3. The second-order valence-electron chi connectivity index (χ2n) is 8.09. The normalized spacial score (nSPS) is 16.0. The van der Waals surface area contributed by atoms with Crippen LogP contribution in [0.3, 0.4) is 0 Å². The minimum absolute atomic E-state index is 0.369. The SMILES string of the molecule is Cc1nc2ncc(-c3ccn4nc(NC5CCN(C)CC5)ncc34)cc2n1CC(F)F. The minimum atomic E-state index is -2.46. The van der Waals surface area contributed by atoms with E-state index in [1.54, 1.807) is 23.8 Å². The van der Waals surface area contributed by atoms with Gasteiger partial charge in [-0.3, -0.25) is 0 Å². The molecule has 1 N–H and O–H groups in total. The Kier molecular flexibility index (Phi) is 5.01. The zero-order valence-corrected chi connectivity index (χ0v) is 17.5. The summed E-state index contributed by atoms with van der Waals surface area (Å²) in [4.78, 5) is 15.5. The monoisotopic (exact) mass is 426 g/mol. The summed E-state index contributed by atoms with van der Waals surface area (Å²) in [6, 6.07) is 4.16. The fraction of sp³-hybridized carbons (Fsp3) is 0.429. The van der Waals surface area contributed by atoms with Gasteiger partial charge in [0.15, 0.2) is 5.65 Å². The molecule has 5 heterocycles.